The van der Waals surface area contributed by atoms with E-state index >= 15 is 0 Å². The molecule has 1 aliphatic heterocycles. The van der Waals surface area contributed by atoms with Crippen LogP contribution in [-0.4, -0.2) is 41.3 Å². The van der Waals surface area contributed by atoms with Gasteiger partial charge in [0.2, 0.25) is 0 Å². The summed E-state index contributed by atoms with van der Waals surface area (Å²) in [6.45, 7) is 3.48. The first-order chi connectivity index (χ1) is 22.7. The topological polar surface area (TPSA) is 153 Å². The minimum absolute atomic E-state index is 0.00379. The summed E-state index contributed by atoms with van der Waals surface area (Å²) in [5, 5.41) is 23.3. The number of nitro groups is 1. The summed E-state index contributed by atoms with van der Waals surface area (Å²) >= 11 is 5.33. The number of ether oxygens (including phenoxy) is 3. The van der Waals surface area contributed by atoms with Gasteiger partial charge in [0.25, 0.3) is 11.6 Å². The van der Waals surface area contributed by atoms with Gasteiger partial charge in [0.15, 0.2) is 11.7 Å². The molecule has 0 aliphatic carbocycles. The van der Waals surface area contributed by atoms with Crippen molar-refractivity contribution in [3.8, 4) is 11.5 Å². The maximum absolute atomic E-state index is 12.8. The molecule has 1 atom stereocenters. The highest BCUT2D eigenvalue weighted by Gasteiger charge is 2.32. The van der Waals surface area contributed by atoms with E-state index in [2.05, 4.69) is 21.2 Å². The van der Waals surface area contributed by atoms with E-state index in [9.17, 15) is 19.7 Å². The molecule has 0 fully saturated rings. The third-order valence-electron chi connectivity index (χ3n) is 7.21. The largest absolute Gasteiger partial charge is 0.488 e. The van der Waals surface area contributed by atoms with Gasteiger partial charge in [-0.25, -0.2) is 10.2 Å². The van der Waals surface area contributed by atoms with E-state index in [4.69, 9.17) is 26.4 Å². The molecule has 12 nitrogen and oxygen atoms in total. The number of rotatable bonds is 12. The van der Waals surface area contributed by atoms with E-state index in [0.717, 1.165) is 16.3 Å². The number of nitrogens with zero attached hydrogens (tertiary/aromatic N) is 2. The van der Waals surface area contributed by atoms with E-state index in [1.165, 1.54) is 18.3 Å². The third kappa shape index (κ3) is 7.89. The zero-order valence-corrected chi connectivity index (χ0v) is 26.3. The molecule has 1 amide bonds. The van der Waals surface area contributed by atoms with Crippen molar-refractivity contribution in [3.63, 3.8) is 0 Å². The Morgan fingerprint density at radius 3 is 2.51 bits per heavy atom. The first-order valence-corrected chi connectivity index (χ1v) is 15.0. The van der Waals surface area contributed by atoms with Crippen LogP contribution in [0.1, 0.15) is 36.6 Å². The summed E-state index contributed by atoms with van der Waals surface area (Å²) in [6.07, 6.45) is 1.50. The van der Waals surface area contributed by atoms with Crippen molar-refractivity contribution in [1.82, 2.24) is 16.1 Å². The number of carbonyl (C=O) groups excluding carboxylic acids is 2. The minimum Gasteiger partial charge on any atom is -0.488 e. The lowest BCUT2D eigenvalue weighted by Crippen LogP contribution is -2.45. The average Bonchev–Trinajstić information content (AvgIpc) is 3.06. The predicted octanol–water partition coefficient (Wildman–Crippen LogP) is 5.21. The number of benzene rings is 4. The lowest BCUT2D eigenvalue weighted by atomic mass is 9.95. The van der Waals surface area contributed by atoms with Gasteiger partial charge in [-0.1, -0.05) is 48.5 Å². The maximum Gasteiger partial charge on any atom is 0.338 e. The molecule has 240 valence electrons. The fourth-order valence-electron chi connectivity index (χ4n) is 5.01. The Morgan fingerprint density at radius 1 is 1.00 bits per heavy atom. The van der Waals surface area contributed by atoms with Crippen LogP contribution in [0.2, 0.25) is 0 Å². The summed E-state index contributed by atoms with van der Waals surface area (Å²) < 4.78 is 17.2. The third-order valence-corrected chi connectivity index (χ3v) is 7.43. The number of nitro benzene ring substituents is 1. The lowest BCUT2D eigenvalue weighted by molar-refractivity contribution is -0.384. The maximum atomic E-state index is 12.8. The monoisotopic (exact) mass is 653 g/mol. The summed E-state index contributed by atoms with van der Waals surface area (Å²) in [5.41, 5.74) is 5.39. The molecule has 4 aromatic carbocycles. The number of allylic oxidation sites excluding steroid dienone is 1. The molecule has 0 bridgehead atoms. The van der Waals surface area contributed by atoms with Crippen molar-refractivity contribution in [2.75, 3.05) is 13.2 Å². The highest BCUT2D eigenvalue weighted by molar-refractivity contribution is 7.80. The van der Waals surface area contributed by atoms with Gasteiger partial charge in [-0.05, 0) is 66.7 Å². The fraction of sp³-hybridized carbons (Fsp3) is 0.176. The van der Waals surface area contributed by atoms with Crippen LogP contribution >= 0.6 is 12.2 Å². The van der Waals surface area contributed by atoms with Gasteiger partial charge < -0.3 is 24.8 Å². The number of thiocarbonyl (C=S) groups is 1. The molecule has 47 heavy (non-hydrogen) atoms. The number of hydrazone groups is 1. The first-order valence-electron chi connectivity index (χ1n) is 14.6. The Balaban J connectivity index is 1.29. The molecule has 0 saturated heterocycles. The first kappa shape index (κ1) is 32.6. The molecule has 3 N–H and O–H groups in total. The normalized spacial score (nSPS) is 14.3. The summed E-state index contributed by atoms with van der Waals surface area (Å²) in [4.78, 5) is 36.2. The fourth-order valence-corrected chi connectivity index (χ4v) is 5.28. The molecule has 13 heteroatoms. The van der Waals surface area contributed by atoms with Crippen molar-refractivity contribution in [3.05, 3.63) is 123 Å². The number of non-ortho nitro benzene ring substituents is 1. The molecule has 1 aliphatic rings. The van der Waals surface area contributed by atoms with Crippen LogP contribution in [0.5, 0.6) is 11.5 Å². The van der Waals surface area contributed by atoms with Crippen LogP contribution in [-0.2, 0) is 20.9 Å². The van der Waals surface area contributed by atoms with Gasteiger partial charge in [0.05, 0.1) is 29.4 Å². The smallest absolute Gasteiger partial charge is 0.338 e. The standard InChI is InChI=1S/C34H31N5O7S/c1-3-44-33(41)31-21(2)36-34(47)37-32(31)26-10-6-7-11-28(26)46-20-30(40)38-35-18-27-25-9-5-4-8-23(25)14-17-29(27)45-19-22-12-15-24(16-13-22)39(42)43/h4-18,32H,3,19-20H2,1-2H3,(H,38,40)(H2,36,37,47)/t32-/m0/s1. The molecular formula is C34H31N5O7S. The van der Waals surface area contributed by atoms with Gasteiger partial charge >= 0.3 is 5.97 Å². The van der Waals surface area contributed by atoms with Crippen LogP contribution in [0, 0.1) is 10.1 Å². The van der Waals surface area contributed by atoms with E-state index in [0.29, 0.717) is 39.0 Å². The van der Waals surface area contributed by atoms with Gasteiger partial charge in [0, 0.05) is 29.0 Å². The molecule has 0 unspecified atom stereocenters. The molecule has 0 radical (unpaired) electrons. The Morgan fingerprint density at radius 2 is 1.74 bits per heavy atom. The van der Waals surface area contributed by atoms with E-state index < -0.39 is 22.8 Å². The van der Waals surface area contributed by atoms with Gasteiger partial charge in [-0.3, -0.25) is 14.9 Å². The highest BCUT2D eigenvalue weighted by atomic mass is 32.1. The SMILES string of the molecule is CCOC(=O)C1=C(C)NC(=S)N[C@H]1c1ccccc1OCC(=O)NN=Cc1c(OCc2ccc([N+](=O)[O-])cc2)ccc2ccccc12. The quantitative estimate of drug-likeness (QED) is 0.0611. The summed E-state index contributed by atoms with van der Waals surface area (Å²) in [7, 11) is 0. The average molecular weight is 654 g/mol. The predicted molar refractivity (Wildman–Crippen MR) is 180 cm³/mol. The molecule has 0 spiro atoms. The van der Waals surface area contributed by atoms with Crippen molar-refractivity contribution in [2.24, 2.45) is 5.10 Å². The van der Waals surface area contributed by atoms with Crippen molar-refractivity contribution >= 4 is 51.9 Å². The van der Waals surface area contributed by atoms with Crippen LogP contribution in [0.3, 0.4) is 0 Å². The molecule has 0 saturated carbocycles. The molecule has 1 heterocycles. The van der Waals surface area contributed by atoms with Crippen LogP contribution in [0.15, 0.2) is 101 Å². The molecular weight excluding hydrogens is 622 g/mol. The number of hydrogen-bond donors (Lipinski definition) is 3. The van der Waals surface area contributed by atoms with E-state index in [-0.39, 0.29) is 25.5 Å². The number of hydrogen-bond acceptors (Lipinski definition) is 9. The second kappa shape index (κ2) is 15.0. The van der Waals surface area contributed by atoms with Gasteiger partial charge in [0.1, 0.15) is 18.1 Å². The van der Waals surface area contributed by atoms with Gasteiger partial charge in [-0.2, -0.15) is 5.10 Å². The molecule has 5 rings (SSSR count). The number of fused-ring (bicyclic) bond motifs is 1. The summed E-state index contributed by atoms with van der Waals surface area (Å²) in [6, 6.07) is 23.9. The number of para-hydroxylation sites is 1. The molecule has 4 aromatic rings. The second-order valence-corrected chi connectivity index (χ2v) is 10.7. The van der Waals surface area contributed by atoms with Crippen molar-refractivity contribution < 1.29 is 28.7 Å². The van der Waals surface area contributed by atoms with Crippen LogP contribution in [0.4, 0.5) is 5.69 Å². The molecule has 0 aromatic heterocycles. The number of esters is 1. The zero-order valence-electron chi connectivity index (χ0n) is 25.5. The highest BCUT2D eigenvalue weighted by Crippen LogP contribution is 2.34. The second-order valence-electron chi connectivity index (χ2n) is 10.3. The Kier molecular flexibility index (Phi) is 10.4. The van der Waals surface area contributed by atoms with Gasteiger partial charge in [-0.15, -0.1) is 0 Å². The van der Waals surface area contributed by atoms with E-state index in [1.54, 1.807) is 56.3 Å². The summed E-state index contributed by atoms with van der Waals surface area (Å²) in [5.74, 6) is -0.127. The van der Waals surface area contributed by atoms with Crippen LogP contribution < -0.4 is 25.5 Å². The number of amides is 1. The Hall–Kier alpha value is -5.82. The Labute approximate surface area is 275 Å². The lowest BCUT2D eigenvalue weighted by Gasteiger charge is -2.30. The minimum atomic E-state index is -0.657. The number of nitrogens with one attached hydrogen (secondary N) is 3. The van der Waals surface area contributed by atoms with Crippen molar-refractivity contribution in [2.45, 2.75) is 26.5 Å². The van der Waals surface area contributed by atoms with Crippen molar-refractivity contribution in [1.29, 1.82) is 0 Å². The van der Waals surface area contributed by atoms with E-state index in [1.807, 2.05) is 30.3 Å². The zero-order chi connectivity index (χ0) is 33.3. The Bertz CT molecular complexity index is 1890. The number of carbonyl (C=O) groups is 2. The van der Waals surface area contributed by atoms with Crippen LogP contribution in [0.25, 0.3) is 10.8 Å².